The molecule has 0 bridgehead atoms. The van der Waals surface area contributed by atoms with Crippen molar-refractivity contribution in [2.45, 2.75) is 29.3 Å². The Morgan fingerprint density at radius 2 is 2.57 bits per heavy atom. The summed E-state index contributed by atoms with van der Waals surface area (Å²) in [6, 6.07) is 0.675. The lowest BCUT2D eigenvalue weighted by molar-refractivity contribution is 0.195. The second kappa shape index (κ2) is 5.11. The summed E-state index contributed by atoms with van der Waals surface area (Å²) in [7, 11) is 0. The van der Waals surface area contributed by atoms with Crippen molar-refractivity contribution in [1.29, 1.82) is 0 Å². The molecule has 1 atom stereocenters. The minimum absolute atomic E-state index is 0.260. The maximum absolute atomic E-state index is 9.62. The largest absolute Gasteiger partial charge is 0.391 e. The molecule has 1 aliphatic rings. The highest BCUT2D eigenvalue weighted by atomic mass is 32.2. The van der Waals surface area contributed by atoms with Crippen LogP contribution in [0.5, 0.6) is 0 Å². The van der Waals surface area contributed by atoms with E-state index in [-0.39, 0.29) is 6.10 Å². The molecule has 0 aliphatic heterocycles. The first kappa shape index (κ1) is 10.4. The Morgan fingerprint density at radius 3 is 3.21 bits per heavy atom. The molecule has 1 fully saturated rings. The minimum Gasteiger partial charge on any atom is -0.391 e. The van der Waals surface area contributed by atoms with Gasteiger partial charge in [-0.15, -0.1) is 11.3 Å². The van der Waals surface area contributed by atoms with Crippen LogP contribution in [0.1, 0.15) is 12.8 Å². The van der Waals surface area contributed by atoms with Crippen molar-refractivity contribution in [2.75, 3.05) is 12.3 Å². The topological polar surface area (TPSA) is 45.1 Å². The van der Waals surface area contributed by atoms with Crippen molar-refractivity contribution in [3.8, 4) is 0 Å². The van der Waals surface area contributed by atoms with Gasteiger partial charge >= 0.3 is 0 Å². The van der Waals surface area contributed by atoms with Crippen molar-refractivity contribution in [3.63, 3.8) is 0 Å². The summed E-state index contributed by atoms with van der Waals surface area (Å²) in [5, 5.41) is 14.9. The standard InChI is InChI=1S/C9H14N2OS2/c12-8(5-11-7-1-2-7)6-14-9-10-3-4-13-9/h3-4,7-8,11-12H,1-2,5-6H2. The summed E-state index contributed by atoms with van der Waals surface area (Å²) in [4.78, 5) is 4.15. The van der Waals surface area contributed by atoms with E-state index in [0.717, 1.165) is 10.1 Å². The summed E-state index contributed by atoms with van der Waals surface area (Å²) >= 11 is 3.25. The van der Waals surface area contributed by atoms with Crippen molar-refractivity contribution in [1.82, 2.24) is 10.3 Å². The first-order valence-electron chi connectivity index (χ1n) is 4.78. The zero-order valence-electron chi connectivity index (χ0n) is 7.85. The summed E-state index contributed by atoms with van der Waals surface area (Å²) < 4.78 is 1.04. The highest BCUT2D eigenvalue weighted by Gasteiger charge is 2.21. The molecule has 2 N–H and O–H groups in total. The van der Waals surface area contributed by atoms with Gasteiger partial charge in [0, 0.05) is 29.9 Å². The molecule has 1 unspecified atom stereocenters. The summed E-state index contributed by atoms with van der Waals surface area (Å²) in [6.45, 7) is 0.711. The lowest BCUT2D eigenvalue weighted by Crippen LogP contribution is -2.29. The van der Waals surface area contributed by atoms with Gasteiger partial charge in [-0.3, -0.25) is 0 Å². The van der Waals surface area contributed by atoms with Crippen LogP contribution in [0.2, 0.25) is 0 Å². The number of nitrogens with zero attached hydrogens (tertiary/aromatic N) is 1. The molecule has 2 rings (SSSR count). The number of aromatic nitrogens is 1. The van der Waals surface area contributed by atoms with E-state index in [2.05, 4.69) is 10.3 Å². The van der Waals surface area contributed by atoms with Gasteiger partial charge in [-0.1, -0.05) is 11.8 Å². The molecule has 5 heteroatoms. The van der Waals surface area contributed by atoms with Crippen LogP contribution < -0.4 is 5.32 Å². The molecule has 1 aliphatic carbocycles. The molecule has 3 nitrogen and oxygen atoms in total. The molecular formula is C9H14N2OS2. The van der Waals surface area contributed by atoms with Crippen molar-refractivity contribution in [2.24, 2.45) is 0 Å². The van der Waals surface area contributed by atoms with Crippen LogP contribution in [0.4, 0.5) is 0 Å². The fraction of sp³-hybridized carbons (Fsp3) is 0.667. The molecule has 78 valence electrons. The number of hydrogen-bond acceptors (Lipinski definition) is 5. The molecule has 1 aromatic rings. The van der Waals surface area contributed by atoms with Crippen LogP contribution in [-0.2, 0) is 0 Å². The van der Waals surface area contributed by atoms with Crippen molar-refractivity contribution in [3.05, 3.63) is 11.6 Å². The predicted molar refractivity (Wildman–Crippen MR) is 59.9 cm³/mol. The number of nitrogens with one attached hydrogen (secondary N) is 1. The zero-order valence-corrected chi connectivity index (χ0v) is 9.48. The van der Waals surface area contributed by atoms with Crippen LogP contribution >= 0.6 is 23.1 Å². The van der Waals surface area contributed by atoms with E-state index < -0.39 is 0 Å². The van der Waals surface area contributed by atoms with E-state index in [1.807, 2.05) is 5.38 Å². The van der Waals surface area contributed by atoms with Gasteiger partial charge in [0.25, 0.3) is 0 Å². The van der Waals surface area contributed by atoms with Gasteiger partial charge in [0.15, 0.2) is 0 Å². The van der Waals surface area contributed by atoms with E-state index >= 15 is 0 Å². The molecule has 1 heterocycles. The fourth-order valence-corrected chi connectivity index (χ4v) is 2.69. The van der Waals surface area contributed by atoms with E-state index in [0.29, 0.717) is 12.6 Å². The maximum atomic E-state index is 9.62. The van der Waals surface area contributed by atoms with E-state index in [1.54, 1.807) is 29.3 Å². The SMILES string of the molecule is OC(CNC1CC1)CSc1nccs1. The number of hydrogen-bond donors (Lipinski definition) is 2. The van der Waals surface area contributed by atoms with Gasteiger partial charge in [-0.05, 0) is 12.8 Å². The van der Waals surface area contributed by atoms with Crippen LogP contribution in [0, 0.1) is 0 Å². The van der Waals surface area contributed by atoms with Gasteiger partial charge in [0.05, 0.1) is 6.10 Å². The van der Waals surface area contributed by atoms with Gasteiger partial charge in [0.1, 0.15) is 4.34 Å². The van der Waals surface area contributed by atoms with Crippen LogP contribution in [0.25, 0.3) is 0 Å². The highest BCUT2D eigenvalue weighted by molar-refractivity contribution is 8.01. The first-order valence-corrected chi connectivity index (χ1v) is 6.65. The lowest BCUT2D eigenvalue weighted by Gasteiger charge is -2.09. The van der Waals surface area contributed by atoms with Crippen LogP contribution in [0.3, 0.4) is 0 Å². The monoisotopic (exact) mass is 230 g/mol. The zero-order chi connectivity index (χ0) is 9.80. The molecule has 0 aromatic carbocycles. The molecule has 1 aromatic heterocycles. The molecular weight excluding hydrogens is 216 g/mol. The average molecular weight is 230 g/mol. The third-order valence-corrected chi connectivity index (χ3v) is 4.14. The number of aliphatic hydroxyl groups excluding tert-OH is 1. The third kappa shape index (κ3) is 3.57. The molecule has 0 spiro atoms. The Morgan fingerprint density at radius 1 is 1.71 bits per heavy atom. The Kier molecular flexibility index (Phi) is 3.81. The smallest absolute Gasteiger partial charge is 0.149 e. The molecule has 0 radical (unpaired) electrons. The minimum atomic E-state index is -0.260. The van der Waals surface area contributed by atoms with Crippen LogP contribution in [0.15, 0.2) is 15.9 Å². The predicted octanol–water partition coefficient (Wildman–Crippen LogP) is 1.35. The van der Waals surface area contributed by atoms with Gasteiger partial charge in [0.2, 0.25) is 0 Å². The number of aliphatic hydroxyl groups is 1. The van der Waals surface area contributed by atoms with Crippen LogP contribution in [-0.4, -0.2) is 34.5 Å². The maximum Gasteiger partial charge on any atom is 0.149 e. The Bertz CT molecular complexity index is 262. The number of thioether (sulfide) groups is 1. The normalized spacial score (nSPS) is 18.4. The molecule has 0 saturated heterocycles. The Balaban J connectivity index is 1.59. The van der Waals surface area contributed by atoms with E-state index in [9.17, 15) is 5.11 Å². The third-order valence-electron chi connectivity index (χ3n) is 2.03. The molecule has 14 heavy (non-hydrogen) atoms. The van der Waals surface area contributed by atoms with Crippen molar-refractivity contribution < 1.29 is 5.11 Å². The summed E-state index contributed by atoms with van der Waals surface area (Å²) in [5.41, 5.74) is 0. The number of thiazole rings is 1. The van der Waals surface area contributed by atoms with E-state index in [4.69, 9.17) is 0 Å². The van der Waals surface area contributed by atoms with Gasteiger partial charge in [-0.2, -0.15) is 0 Å². The van der Waals surface area contributed by atoms with E-state index in [1.165, 1.54) is 12.8 Å². The lowest BCUT2D eigenvalue weighted by atomic mass is 10.4. The summed E-state index contributed by atoms with van der Waals surface area (Å²) in [6.07, 6.45) is 4.07. The first-order chi connectivity index (χ1) is 6.84. The second-order valence-corrected chi connectivity index (χ2v) is 5.61. The Hall–Kier alpha value is -0.100. The Labute approximate surface area is 91.9 Å². The summed E-state index contributed by atoms with van der Waals surface area (Å²) in [5.74, 6) is 0.729. The average Bonchev–Trinajstić information content (AvgIpc) is 2.87. The highest BCUT2D eigenvalue weighted by Crippen LogP contribution is 2.21. The fourth-order valence-electron chi connectivity index (χ4n) is 1.10. The second-order valence-electron chi connectivity index (χ2n) is 3.45. The quantitative estimate of drug-likeness (QED) is 0.724. The van der Waals surface area contributed by atoms with Crippen molar-refractivity contribution >= 4 is 23.1 Å². The molecule has 0 amide bonds. The van der Waals surface area contributed by atoms with Gasteiger partial charge in [-0.25, -0.2) is 4.98 Å². The molecule has 1 saturated carbocycles. The number of rotatable bonds is 6. The van der Waals surface area contributed by atoms with Gasteiger partial charge < -0.3 is 10.4 Å².